The molecule has 2 aromatic rings. The van der Waals surface area contributed by atoms with E-state index >= 15 is 0 Å². The number of fused-ring (bicyclic) bond motifs is 1. The standard InChI is InChI=1S/C13H21N6OP/c1-7-5-13(2,21)11(20-7)19-6-15-8-9(18(3)4)16-12(14)17-10(8)19/h6-7,11H,5,21H2,1-4H3,(H2,14,16,17)/t7-,11-,13-/m1/s1. The monoisotopic (exact) mass is 308 g/mol. The van der Waals surface area contributed by atoms with Crippen molar-refractivity contribution < 1.29 is 4.74 Å². The first-order valence-electron chi connectivity index (χ1n) is 6.91. The molecule has 7 nitrogen and oxygen atoms in total. The molecular weight excluding hydrogens is 287 g/mol. The summed E-state index contributed by atoms with van der Waals surface area (Å²) in [6, 6.07) is 0. The molecule has 1 saturated heterocycles. The first-order valence-corrected chi connectivity index (χ1v) is 7.49. The lowest BCUT2D eigenvalue weighted by Gasteiger charge is -2.26. The van der Waals surface area contributed by atoms with Gasteiger partial charge in [0.15, 0.2) is 17.0 Å². The van der Waals surface area contributed by atoms with Gasteiger partial charge in [0.25, 0.3) is 0 Å². The van der Waals surface area contributed by atoms with E-state index in [0.29, 0.717) is 11.5 Å². The molecule has 2 aromatic heterocycles. The van der Waals surface area contributed by atoms with E-state index in [1.54, 1.807) is 6.33 Å². The molecule has 0 bridgehead atoms. The van der Waals surface area contributed by atoms with E-state index in [0.717, 1.165) is 11.9 Å². The Labute approximate surface area is 126 Å². The lowest BCUT2D eigenvalue weighted by atomic mass is 10.1. The van der Waals surface area contributed by atoms with Gasteiger partial charge in [0.05, 0.1) is 12.4 Å². The molecule has 1 fully saturated rings. The number of aromatic nitrogens is 4. The lowest BCUT2D eigenvalue weighted by molar-refractivity contribution is 0.00520. The highest BCUT2D eigenvalue weighted by atomic mass is 31.0. The number of nitrogen functional groups attached to an aromatic ring is 1. The average molecular weight is 308 g/mol. The molecule has 1 aliphatic rings. The van der Waals surface area contributed by atoms with E-state index in [9.17, 15) is 0 Å². The molecule has 2 N–H and O–H groups in total. The van der Waals surface area contributed by atoms with Crippen LogP contribution in [0, 0.1) is 0 Å². The lowest BCUT2D eigenvalue weighted by Crippen LogP contribution is -2.25. The summed E-state index contributed by atoms with van der Waals surface area (Å²) in [5.41, 5.74) is 7.29. The quantitative estimate of drug-likeness (QED) is 0.845. The summed E-state index contributed by atoms with van der Waals surface area (Å²) in [5, 5.41) is -0.0644. The van der Waals surface area contributed by atoms with Crippen LogP contribution in [0.3, 0.4) is 0 Å². The fourth-order valence-electron chi connectivity index (χ4n) is 2.93. The number of imidazole rings is 1. The van der Waals surface area contributed by atoms with Crippen LogP contribution >= 0.6 is 9.24 Å². The molecule has 21 heavy (non-hydrogen) atoms. The van der Waals surface area contributed by atoms with Crippen LogP contribution in [-0.2, 0) is 4.74 Å². The summed E-state index contributed by atoms with van der Waals surface area (Å²) in [6.07, 6.45) is 2.79. The fraction of sp³-hybridized carbons (Fsp3) is 0.615. The molecular formula is C13H21N6OP. The van der Waals surface area contributed by atoms with E-state index in [4.69, 9.17) is 10.5 Å². The van der Waals surface area contributed by atoms with E-state index in [1.165, 1.54) is 0 Å². The Hall–Kier alpha value is -1.46. The number of ether oxygens (including phenoxy) is 1. The van der Waals surface area contributed by atoms with Gasteiger partial charge in [-0.3, -0.25) is 4.57 Å². The van der Waals surface area contributed by atoms with Gasteiger partial charge >= 0.3 is 0 Å². The third-order valence-electron chi connectivity index (χ3n) is 3.75. The van der Waals surface area contributed by atoms with Gasteiger partial charge < -0.3 is 15.4 Å². The van der Waals surface area contributed by atoms with Crippen LogP contribution in [-0.4, -0.2) is 44.9 Å². The molecule has 8 heteroatoms. The maximum Gasteiger partial charge on any atom is 0.224 e. The van der Waals surface area contributed by atoms with E-state index in [1.807, 2.05) is 23.6 Å². The summed E-state index contributed by atoms with van der Waals surface area (Å²) in [5.74, 6) is 0.956. The Bertz CT molecular complexity index is 683. The van der Waals surface area contributed by atoms with Gasteiger partial charge in [0, 0.05) is 19.3 Å². The van der Waals surface area contributed by atoms with E-state index in [2.05, 4.69) is 38.0 Å². The van der Waals surface area contributed by atoms with Crippen molar-refractivity contribution in [3.05, 3.63) is 6.33 Å². The minimum absolute atomic E-state index is 0.0644. The van der Waals surface area contributed by atoms with Crippen LogP contribution in [0.25, 0.3) is 11.2 Å². The number of anilines is 2. The Morgan fingerprint density at radius 3 is 2.76 bits per heavy atom. The minimum Gasteiger partial charge on any atom is -0.368 e. The summed E-state index contributed by atoms with van der Waals surface area (Å²) < 4.78 is 8.01. The van der Waals surface area contributed by atoms with E-state index in [-0.39, 0.29) is 23.4 Å². The van der Waals surface area contributed by atoms with Gasteiger partial charge in [0.1, 0.15) is 6.23 Å². The van der Waals surface area contributed by atoms with Gasteiger partial charge in [-0.25, -0.2) is 4.98 Å². The summed E-state index contributed by atoms with van der Waals surface area (Å²) in [4.78, 5) is 15.0. The van der Waals surface area contributed by atoms with Crippen molar-refractivity contribution in [3.8, 4) is 0 Å². The number of hydrogen-bond acceptors (Lipinski definition) is 6. The second-order valence-corrected chi connectivity index (χ2v) is 7.45. The van der Waals surface area contributed by atoms with Gasteiger partial charge in [-0.1, -0.05) is 6.92 Å². The average Bonchev–Trinajstić information content (AvgIpc) is 2.87. The molecule has 0 saturated carbocycles. The minimum atomic E-state index is -0.133. The predicted octanol–water partition coefficient (Wildman–Crippen LogP) is 1.42. The highest BCUT2D eigenvalue weighted by Crippen LogP contribution is 2.45. The van der Waals surface area contributed by atoms with Crippen molar-refractivity contribution in [2.24, 2.45) is 0 Å². The summed E-state index contributed by atoms with van der Waals surface area (Å²) in [6.45, 7) is 4.24. The molecule has 0 spiro atoms. The van der Waals surface area contributed by atoms with Crippen LogP contribution in [0.4, 0.5) is 11.8 Å². The van der Waals surface area contributed by atoms with Gasteiger partial charge in [0.2, 0.25) is 5.95 Å². The Kier molecular flexibility index (Phi) is 3.30. The molecule has 1 unspecified atom stereocenters. The Balaban J connectivity index is 2.17. The first kappa shape index (κ1) is 14.5. The Morgan fingerprint density at radius 1 is 1.48 bits per heavy atom. The molecule has 3 heterocycles. The SMILES string of the molecule is C[C@@H]1C[C@@](C)(P)[C@H](n2cnc3c(N(C)C)nc(N)nc32)O1. The third kappa shape index (κ3) is 2.34. The van der Waals surface area contributed by atoms with Crippen molar-refractivity contribution >= 4 is 32.2 Å². The van der Waals surface area contributed by atoms with Crippen molar-refractivity contribution in [3.63, 3.8) is 0 Å². The maximum atomic E-state index is 6.06. The zero-order valence-electron chi connectivity index (χ0n) is 12.7. The zero-order valence-corrected chi connectivity index (χ0v) is 13.9. The van der Waals surface area contributed by atoms with Crippen LogP contribution in [0.15, 0.2) is 6.33 Å². The van der Waals surface area contributed by atoms with Gasteiger partial charge in [-0.15, -0.1) is 9.24 Å². The van der Waals surface area contributed by atoms with Crippen LogP contribution in [0.1, 0.15) is 26.5 Å². The van der Waals surface area contributed by atoms with Crippen molar-refractivity contribution in [2.75, 3.05) is 24.7 Å². The predicted molar refractivity (Wildman–Crippen MR) is 86.4 cm³/mol. The molecule has 0 aliphatic carbocycles. The third-order valence-corrected chi connectivity index (χ3v) is 4.27. The highest BCUT2D eigenvalue weighted by molar-refractivity contribution is 7.19. The smallest absolute Gasteiger partial charge is 0.224 e. The molecule has 4 atom stereocenters. The number of hydrogen-bond donors (Lipinski definition) is 1. The Morgan fingerprint density at radius 2 is 2.19 bits per heavy atom. The molecule has 3 rings (SSSR count). The summed E-state index contributed by atoms with van der Waals surface area (Å²) >= 11 is 0. The van der Waals surface area contributed by atoms with Crippen molar-refractivity contribution in [1.82, 2.24) is 19.5 Å². The maximum absolute atomic E-state index is 6.06. The van der Waals surface area contributed by atoms with Crippen LogP contribution < -0.4 is 10.6 Å². The van der Waals surface area contributed by atoms with Gasteiger partial charge in [-0.05, 0) is 13.3 Å². The number of nitrogens with two attached hydrogens (primary N) is 1. The normalized spacial score (nSPS) is 29.2. The second-order valence-electron chi connectivity index (χ2n) is 6.13. The molecule has 0 amide bonds. The largest absolute Gasteiger partial charge is 0.368 e. The first-order chi connectivity index (χ1) is 9.79. The molecule has 0 aromatic carbocycles. The van der Waals surface area contributed by atoms with Crippen LogP contribution in [0.2, 0.25) is 0 Å². The fourth-order valence-corrected chi connectivity index (χ4v) is 3.50. The van der Waals surface area contributed by atoms with Gasteiger partial charge in [-0.2, -0.15) is 9.97 Å². The van der Waals surface area contributed by atoms with Crippen molar-refractivity contribution in [1.29, 1.82) is 0 Å². The zero-order chi connectivity index (χ0) is 15.4. The molecule has 0 radical (unpaired) electrons. The number of nitrogens with zero attached hydrogens (tertiary/aromatic N) is 5. The van der Waals surface area contributed by atoms with Crippen molar-refractivity contribution in [2.45, 2.75) is 37.8 Å². The molecule has 114 valence electrons. The summed E-state index contributed by atoms with van der Waals surface area (Å²) in [7, 11) is 6.72. The van der Waals surface area contributed by atoms with Crippen LogP contribution in [0.5, 0.6) is 0 Å². The molecule has 1 aliphatic heterocycles. The van der Waals surface area contributed by atoms with E-state index < -0.39 is 0 Å². The second kappa shape index (κ2) is 4.78. The number of rotatable bonds is 2. The highest BCUT2D eigenvalue weighted by Gasteiger charge is 2.42. The topological polar surface area (TPSA) is 82.1 Å².